The summed E-state index contributed by atoms with van der Waals surface area (Å²) in [6.45, 7) is 9.91. The second kappa shape index (κ2) is 5.67. The fourth-order valence-corrected chi connectivity index (χ4v) is 2.30. The third-order valence-corrected chi connectivity index (χ3v) is 3.66. The lowest BCUT2D eigenvalue weighted by atomic mass is 9.77. The van der Waals surface area contributed by atoms with Gasteiger partial charge in [0.15, 0.2) is 0 Å². The molecule has 1 rings (SSSR count). The zero-order chi connectivity index (χ0) is 12.2. The van der Waals surface area contributed by atoms with Gasteiger partial charge in [-0.1, -0.05) is 20.8 Å². The second-order valence-electron chi connectivity index (χ2n) is 5.91. The average Bonchev–Trinajstić information content (AvgIpc) is 2.15. The van der Waals surface area contributed by atoms with Gasteiger partial charge in [-0.05, 0) is 50.2 Å². The van der Waals surface area contributed by atoms with E-state index in [0.717, 1.165) is 31.8 Å². The first-order valence-corrected chi connectivity index (χ1v) is 6.35. The number of piperidine rings is 1. The first-order valence-electron chi connectivity index (χ1n) is 6.35. The molecule has 1 heterocycles. The Morgan fingerprint density at radius 3 is 2.38 bits per heavy atom. The monoisotopic (exact) mass is 227 g/mol. The molecular formula is C13H25NO2. The second-order valence-corrected chi connectivity index (χ2v) is 5.91. The van der Waals surface area contributed by atoms with Gasteiger partial charge in [-0.15, -0.1) is 0 Å². The van der Waals surface area contributed by atoms with Crippen molar-refractivity contribution >= 4 is 5.97 Å². The first-order chi connectivity index (χ1) is 7.41. The molecule has 1 N–H and O–H groups in total. The van der Waals surface area contributed by atoms with Crippen LogP contribution in [0.3, 0.4) is 0 Å². The van der Waals surface area contributed by atoms with Crippen molar-refractivity contribution in [3.63, 3.8) is 0 Å². The van der Waals surface area contributed by atoms with E-state index in [-0.39, 0.29) is 5.41 Å². The molecule has 0 spiro atoms. The molecule has 16 heavy (non-hydrogen) atoms. The van der Waals surface area contributed by atoms with Gasteiger partial charge in [0.05, 0.1) is 6.42 Å². The topological polar surface area (TPSA) is 40.5 Å². The van der Waals surface area contributed by atoms with Crippen LogP contribution in [0.25, 0.3) is 0 Å². The van der Waals surface area contributed by atoms with Crippen molar-refractivity contribution in [3.8, 4) is 0 Å². The van der Waals surface area contributed by atoms with E-state index < -0.39 is 5.97 Å². The minimum atomic E-state index is -0.655. The Morgan fingerprint density at radius 2 is 1.94 bits per heavy atom. The highest BCUT2D eigenvalue weighted by Gasteiger charge is 2.31. The summed E-state index contributed by atoms with van der Waals surface area (Å²) in [5.74, 6) is 0.102. The zero-order valence-electron chi connectivity index (χ0n) is 10.8. The minimum absolute atomic E-state index is 0.0279. The molecule has 1 aliphatic rings. The number of carboxylic acid groups (broad SMARTS) is 1. The number of rotatable bonds is 5. The molecule has 3 nitrogen and oxygen atoms in total. The summed E-state index contributed by atoms with van der Waals surface area (Å²) in [7, 11) is 0. The van der Waals surface area contributed by atoms with Gasteiger partial charge in [0.1, 0.15) is 0 Å². The van der Waals surface area contributed by atoms with Crippen molar-refractivity contribution in [2.24, 2.45) is 11.3 Å². The Labute approximate surface area is 98.8 Å². The van der Waals surface area contributed by atoms with Gasteiger partial charge in [-0.25, -0.2) is 0 Å². The maximum Gasteiger partial charge on any atom is 0.303 e. The molecule has 0 aromatic heterocycles. The highest BCUT2D eigenvalue weighted by Crippen LogP contribution is 2.34. The standard InChI is InChI=1S/C13H25NO2/c1-11(2)4-7-14-8-5-13(3,6-9-14)10-12(15)16/h11H,4-10H2,1-3H3,(H,15,16). The Kier molecular flexibility index (Phi) is 4.78. The molecule has 1 fully saturated rings. The minimum Gasteiger partial charge on any atom is -0.481 e. The smallest absolute Gasteiger partial charge is 0.303 e. The van der Waals surface area contributed by atoms with Crippen molar-refractivity contribution in [3.05, 3.63) is 0 Å². The normalized spacial score (nSPS) is 21.2. The third-order valence-electron chi connectivity index (χ3n) is 3.66. The van der Waals surface area contributed by atoms with Crippen LogP contribution in [-0.2, 0) is 4.79 Å². The van der Waals surface area contributed by atoms with Gasteiger partial charge in [-0.2, -0.15) is 0 Å². The Bertz CT molecular complexity index is 230. The van der Waals surface area contributed by atoms with Crippen LogP contribution in [0.5, 0.6) is 0 Å². The molecule has 0 amide bonds. The van der Waals surface area contributed by atoms with Gasteiger partial charge in [-0.3, -0.25) is 4.79 Å². The van der Waals surface area contributed by atoms with E-state index in [1.54, 1.807) is 0 Å². The van der Waals surface area contributed by atoms with Crippen LogP contribution in [0.2, 0.25) is 0 Å². The van der Waals surface area contributed by atoms with Gasteiger partial charge in [0, 0.05) is 0 Å². The SMILES string of the molecule is CC(C)CCN1CCC(C)(CC(=O)O)CC1. The number of nitrogens with zero attached hydrogens (tertiary/aromatic N) is 1. The molecular weight excluding hydrogens is 202 g/mol. The molecule has 0 unspecified atom stereocenters. The highest BCUT2D eigenvalue weighted by molar-refractivity contribution is 5.67. The molecule has 0 bridgehead atoms. The molecule has 3 heteroatoms. The summed E-state index contributed by atoms with van der Waals surface area (Å²) < 4.78 is 0. The number of hydrogen-bond acceptors (Lipinski definition) is 2. The molecule has 0 atom stereocenters. The maximum atomic E-state index is 10.8. The Balaban J connectivity index is 2.30. The van der Waals surface area contributed by atoms with Gasteiger partial charge >= 0.3 is 5.97 Å². The van der Waals surface area contributed by atoms with E-state index in [4.69, 9.17) is 5.11 Å². The van der Waals surface area contributed by atoms with Gasteiger partial charge in [0.2, 0.25) is 0 Å². The summed E-state index contributed by atoms with van der Waals surface area (Å²) >= 11 is 0. The highest BCUT2D eigenvalue weighted by atomic mass is 16.4. The molecule has 1 saturated heterocycles. The largest absolute Gasteiger partial charge is 0.481 e. The maximum absolute atomic E-state index is 10.8. The lowest BCUT2D eigenvalue weighted by Gasteiger charge is -2.38. The average molecular weight is 227 g/mol. The van der Waals surface area contributed by atoms with Crippen LogP contribution in [0.4, 0.5) is 0 Å². The van der Waals surface area contributed by atoms with Crippen molar-refractivity contribution < 1.29 is 9.90 Å². The van der Waals surface area contributed by atoms with Crippen LogP contribution in [-0.4, -0.2) is 35.6 Å². The number of aliphatic carboxylic acids is 1. The van der Waals surface area contributed by atoms with E-state index in [1.807, 2.05) is 0 Å². The molecule has 1 aliphatic heterocycles. The summed E-state index contributed by atoms with van der Waals surface area (Å²) in [5, 5.41) is 8.86. The molecule has 0 aromatic rings. The molecule has 0 radical (unpaired) electrons. The van der Waals surface area contributed by atoms with Gasteiger partial charge in [0.25, 0.3) is 0 Å². The fraction of sp³-hybridized carbons (Fsp3) is 0.923. The van der Waals surface area contributed by atoms with Crippen molar-refractivity contribution in [1.29, 1.82) is 0 Å². The predicted octanol–water partition coefficient (Wildman–Crippen LogP) is 2.61. The number of carboxylic acids is 1. The summed E-state index contributed by atoms with van der Waals surface area (Å²) in [4.78, 5) is 13.2. The zero-order valence-corrected chi connectivity index (χ0v) is 10.8. The van der Waals surface area contributed by atoms with Crippen molar-refractivity contribution in [2.75, 3.05) is 19.6 Å². The van der Waals surface area contributed by atoms with Crippen LogP contribution >= 0.6 is 0 Å². The van der Waals surface area contributed by atoms with Gasteiger partial charge < -0.3 is 10.0 Å². The van der Waals surface area contributed by atoms with Crippen LogP contribution in [0.15, 0.2) is 0 Å². The van der Waals surface area contributed by atoms with E-state index in [1.165, 1.54) is 13.0 Å². The van der Waals surface area contributed by atoms with E-state index in [9.17, 15) is 4.79 Å². The number of carbonyl (C=O) groups is 1. The molecule has 0 aromatic carbocycles. The van der Waals surface area contributed by atoms with E-state index in [2.05, 4.69) is 25.7 Å². The third kappa shape index (κ3) is 4.52. The number of likely N-dealkylation sites (tertiary alicyclic amines) is 1. The lowest BCUT2D eigenvalue weighted by molar-refractivity contribution is -0.140. The summed E-state index contributed by atoms with van der Waals surface area (Å²) in [6.07, 6.45) is 3.62. The number of hydrogen-bond donors (Lipinski definition) is 1. The van der Waals surface area contributed by atoms with Crippen LogP contribution in [0.1, 0.15) is 46.5 Å². The Hall–Kier alpha value is -0.570. The fourth-order valence-electron chi connectivity index (χ4n) is 2.30. The quantitative estimate of drug-likeness (QED) is 0.785. The molecule has 94 valence electrons. The summed E-state index contributed by atoms with van der Waals surface area (Å²) in [5.41, 5.74) is 0.0279. The first kappa shape index (κ1) is 13.5. The molecule has 0 aliphatic carbocycles. The van der Waals surface area contributed by atoms with Crippen molar-refractivity contribution in [1.82, 2.24) is 4.90 Å². The van der Waals surface area contributed by atoms with Crippen LogP contribution in [0, 0.1) is 11.3 Å². The van der Waals surface area contributed by atoms with Crippen LogP contribution < -0.4 is 0 Å². The van der Waals surface area contributed by atoms with E-state index >= 15 is 0 Å². The molecule has 0 saturated carbocycles. The van der Waals surface area contributed by atoms with E-state index in [0.29, 0.717) is 6.42 Å². The Morgan fingerprint density at radius 1 is 1.38 bits per heavy atom. The lowest BCUT2D eigenvalue weighted by Crippen LogP contribution is -2.40. The predicted molar refractivity (Wildman–Crippen MR) is 65.5 cm³/mol. The summed E-state index contributed by atoms with van der Waals surface area (Å²) in [6, 6.07) is 0. The van der Waals surface area contributed by atoms with Crippen molar-refractivity contribution in [2.45, 2.75) is 46.5 Å².